The van der Waals surface area contributed by atoms with E-state index < -0.39 is 10.7 Å². The van der Waals surface area contributed by atoms with Crippen LogP contribution in [-0.2, 0) is 10.5 Å². The number of rotatable bonds is 4. The van der Waals surface area contributed by atoms with E-state index in [9.17, 15) is 15.2 Å². The molecule has 1 N–H and O–H groups in total. The maximum Gasteiger partial charge on any atom is 0.269 e. The van der Waals surface area contributed by atoms with Crippen molar-refractivity contribution in [1.29, 1.82) is 0 Å². The third-order valence-electron chi connectivity index (χ3n) is 2.04. The van der Waals surface area contributed by atoms with Gasteiger partial charge in [-0.1, -0.05) is 0 Å². The predicted octanol–water partition coefficient (Wildman–Crippen LogP) is 1.80. The molecule has 0 saturated carbocycles. The van der Waals surface area contributed by atoms with Gasteiger partial charge in [0.15, 0.2) is 5.79 Å². The number of ether oxygens (including phenoxy) is 1. The van der Waals surface area contributed by atoms with Crippen molar-refractivity contribution in [3.8, 4) is 0 Å². The first kappa shape index (κ1) is 11.6. The maximum atomic E-state index is 10.4. The lowest BCUT2D eigenvalue weighted by Crippen LogP contribution is -2.25. The van der Waals surface area contributed by atoms with Crippen molar-refractivity contribution in [2.75, 3.05) is 6.61 Å². The first-order chi connectivity index (χ1) is 6.97. The molecular formula is C10H13NO4. The van der Waals surface area contributed by atoms with Crippen LogP contribution in [-0.4, -0.2) is 16.6 Å². The van der Waals surface area contributed by atoms with Crippen molar-refractivity contribution < 1.29 is 14.8 Å². The maximum absolute atomic E-state index is 10.4. The number of hydrogen-bond donors (Lipinski definition) is 1. The minimum atomic E-state index is -1.40. The summed E-state index contributed by atoms with van der Waals surface area (Å²) in [4.78, 5) is 9.91. The van der Waals surface area contributed by atoms with E-state index in [2.05, 4.69) is 0 Å². The number of non-ortho nitro benzene ring substituents is 1. The summed E-state index contributed by atoms with van der Waals surface area (Å²) in [5.41, 5.74) is 0.487. The van der Waals surface area contributed by atoms with Crippen molar-refractivity contribution in [3.63, 3.8) is 0 Å². The normalized spacial score (nSPS) is 14.6. The Morgan fingerprint density at radius 3 is 2.40 bits per heavy atom. The predicted molar refractivity (Wildman–Crippen MR) is 54.3 cm³/mol. The van der Waals surface area contributed by atoms with Crippen LogP contribution >= 0.6 is 0 Å². The second-order valence-electron chi connectivity index (χ2n) is 3.22. The number of hydrogen-bond acceptors (Lipinski definition) is 4. The molecule has 0 spiro atoms. The van der Waals surface area contributed by atoms with Crippen molar-refractivity contribution >= 4 is 5.69 Å². The first-order valence-electron chi connectivity index (χ1n) is 4.58. The minimum Gasteiger partial charge on any atom is -0.362 e. The summed E-state index contributed by atoms with van der Waals surface area (Å²) in [6.07, 6.45) is 0. The van der Waals surface area contributed by atoms with Gasteiger partial charge in [0.05, 0.1) is 4.92 Å². The second-order valence-corrected chi connectivity index (χ2v) is 3.22. The number of nitro groups is 1. The third kappa shape index (κ3) is 2.74. The molecule has 0 heterocycles. The van der Waals surface area contributed by atoms with Gasteiger partial charge in [-0.25, -0.2) is 0 Å². The van der Waals surface area contributed by atoms with E-state index in [1.807, 2.05) is 0 Å². The Kier molecular flexibility index (Phi) is 3.39. The average Bonchev–Trinajstić information content (AvgIpc) is 2.18. The molecule has 1 atom stereocenters. The van der Waals surface area contributed by atoms with Gasteiger partial charge >= 0.3 is 0 Å². The van der Waals surface area contributed by atoms with E-state index in [1.54, 1.807) is 6.92 Å². The van der Waals surface area contributed by atoms with E-state index in [-0.39, 0.29) is 5.69 Å². The number of aliphatic hydroxyl groups is 1. The van der Waals surface area contributed by atoms with E-state index in [1.165, 1.54) is 31.2 Å². The fourth-order valence-corrected chi connectivity index (χ4v) is 1.26. The zero-order chi connectivity index (χ0) is 11.5. The zero-order valence-corrected chi connectivity index (χ0v) is 8.64. The van der Waals surface area contributed by atoms with Gasteiger partial charge in [0.25, 0.3) is 5.69 Å². The fraction of sp³-hybridized carbons (Fsp3) is 0.400. The molecule has 0 saturated heterocycles. The Bertz CT molecular complexity index is 345. The number of nitro benzene ring substituents is 1. The molecule has 0 aromatic heterocycles. The SMILES string of the molecule is CCOC(C)(O)c1ccc([N+](=O)[O-])cc1. The summed E-state index contributed by atoms with van der Waals surface area (Å²) in [6.45, 7) is 3.63. The topological polar surface area (TPSA) is 72.6 Å². The van der Waals surface area contributed by atoms with Crippen LogP contribution in [0.4, 0.5) is 5.69 Å². The van der Waals surface area contributed by atoms with Gasteiger partial charge in [-0.05, 0) is 26.0 Å². The minimum absolute atomic E-state index is 0.00829. The molecule has 0 aliphatic heterocycles. The van der Waals surface area contributed by atoms with Crippen molar-refractivity contribution in [1.82, 2.24) is 0 Å². The lowest BCUT2D eigenvalue weighted by atomic mass is 10.1. The highest BCUT2D eigenvalue weighted by atomic mass is 16.6. The van der Waals surface area contributed by atoms with Crippen molar-refractivity contribution in [2.24, 2.45) is 0 Å². The molecule has 1 unspecified atom stereocenters. The molecule has 0 aliphatic rings. The lowest BCUT2D eigenvalue weighted by Gasteiger charge is -2.23. The summed E-state index contributed by atoms with van der Waals surface area (Å²) < 4.78 is 5.10. The van der Waals surface area contributed by atoms with Crippen LogP contribution in [0, 0.1) is 10.1 Å². The Morgan fingerprint density at radius 1 is 1.47 bits per heavy atom. The standard InChI is InChI=1S/C10H13NO4/c1-3-15-10(2,12)8-4-6-9(7-5-8)11(13)14/h4-7,12H,3H2,1-2H3. The Labute approximate surface area is 87.5 Å². The highest BCUT2D eigenvalue weighted by Gasteiger charge is 2.23. The van der Waals surface area contributed by atoms with Gasteiger partial charge in [0.2, 0.25) is 0 Å². The van der Waals surface area contributed by atoms with Gasteiger partial charge in [-0.3, -0.25) is 10.1 Å². The molecule has 0 bridgehead atoms. The van der Waals surface area contributed by atoms with Gasteiger partial charge in [-0.2, -0.15) is 0 Å². The van der Waals surface area contributed by atoms with Crippen LogP contribution in [0.1, 0.15) is 19.4 Å². The lowest BCUT2D eigenvalue weighted by molar-refractivity contribution is -0.384. The molecule has 1 aromatic carbocycles. The van der Waals surface area contributed by atoms with Gasteiger partial charge in [0, 0.05) is 24.3 Å². The first-order valence-corrected chi connectivity index (χ1v) is 4.58. The number of benzene rings is 1. The van der Waals surface area contributed by atoms with E-state index >= 15 is 0 Å². The average molecular weight is 211 g/mol. The quantitative estimate of drug-likeness (QED) is 0.468. The van der Waals surface area contributed by atoms with Crippen LogP contribution in [0.25, 0.3) is 0 Å². The van der Waals surface area contributed by atoms with Crippen LogP contribution in [0.3, 0.4) is 0 Å². The summed E-state index contributed by atoms with van der Waals surface area (Å²) >= 11 is 0. The third-order valence-corrected chi connectivity index (χ3v) is 2.04. The second kappa shape index (κ2) is 4.37. The molecule has 0 aliphatic carbocycles. The van der Waals surface area contributed by atoms with Crippen LogP contribution in [0.15, 0.2) is 24.3 Å². The van der Waals surface area contributed by atoms with Crippen molar-refractivity contribution in [2.45, 2.75) is 19.6 Å². The zero-order valence-electron chi connectivity index (χ0n) is 8.64. The smallest absolute Gasteiger partial charge is 0.269 e. The fourth-order valence-electron chi connectivity index (χ4n) is 1.26. The highest BCUT2D eigenvalue weighted by Crippen LogP contribution is 2.23. The Morgan fingerprint density at radius 2 is 2.00 bits per heavy atom. The molecular weight excluding hydrogens is 198 g/mol. The molecule has 0 fully saturated rings. The Balaban J connectivity index is 2.93. The van der Waals surface area contributed by atoms with Gasteiger partial charge in [0.1, 0.15) is 0 Å². The monoisotopic (exact) mass is 211 g/mol. The van der Waals surface area contributed by atoms with Gasteiger partial charge in [-0.15, -0.1) is 0 Å². The summed E-state index contributed by atoms with van der Waals surface area (Å²) in [5.74, 6) is -1.40. The number of nitrogens with zero attached hydrogens (tertiary/aromatic N) is 1. The molecule has 1 aromatic rings. The van der Waals surface area contributed by atoms with E-state index in [0.29, 0.717) is 12.2 Å². The Hall–Kier alpha value is -1.46. The summed E-state index contributed by atoms with van der Waals surface area (Å²) in [5, 5.41) is 20.2. The van der Waals surface area contributed by atoms with E-state index in [0.717, 1.165) is 0 Å². The van der Waals surface area contributed by atoms with Crippen LogP contribution in [0.2, 0.25) is 0 Å². The molecule has 1 rings (SSSR count). The molecule has 15 heavy (non-hydrogen) atoms. The van der Waals surface area contributed by atoms with Gasteiger partial charge < -0.3 is 9.84 Å². The van der Waals surface area contributed by atoms with Crippen LogP contribution < -0.4 is 0 Å². The molecule has 5 nitrogen and oxygen atoms in total. The highest BCUT2D eigenvalue weighted by molar-refractivity contribution is 5.34. The van der Waals surface area contributed by atoms with Crippen molar-refractivity contribution in [3.05, 3.63) is 39.9 Å². The molecule has 0 radical (unpaired) electrons. The molecule has 0 amide bonds. The molecule has 82 valence electrons. The summed E-state index contributed by atoms with van der Waals surface area (Å²) in [7, 11) is 0. The largest absolute Gasteiger partial charge is 0.362 e. The molecule has 5 heteroatoms. The van der Waals surface area contributed by atoms with E-state index in [4.69, 9.17) is 4.74 Å². The van der Waals surface area contributed by atoms with Crippen LogP contribution in [0.5, 0.6) is 0 Å². The summed E-state index contributed by atoms with van der Waals surface area (Å²) in [6, 6.07) is 5.63.